The third-order valence-corrected chi connectivity index (χ3v) is 4.69. The van der Waals surface area contributed by atoms with Crippen LogP contribution in [-0.4, -0.2) is 14.5 Å². The third kappa shape index (κ3) is 3.36. The van der Waals surface area contributed by atoms with Crippen molar-refractivity contribution < 1.29 is 12.6 Å². The van der Waals surface area contributed by atoms with Crippen molar-refractivity contribution in [3.05, 3.63) is 42.5 Å². The lowest BCUT2D eigenvalue weighted by atomic mass is 10.1. The van der Waals surface area contributed by atoms with Crippen LogP contribution in [0.5, 0.6) is 0 Å². The van der Waals surface area contributed by atoms with Crippen molar-refractivity contribution in [3.63, 3.8) is 0 Å². The van der Waals surface area contributed by atoms with Gasteiger partial charge in [-0.25, -0.2) is 0 Å². The molecule has 0 aromatic heterocycles. The molecule has 3 N–H and O–H groups in total. The fraction of sp³-hybridized carbons (Fsp3) is 0.333. The van der Waals surface area contributed by atoms with Gasteiger partial charge >= 0.3 is 0 Å². The van der Waals surface area contributed by atoms with E-state index in [1.54, 1.807) is 25.1 Å². The lowest BCUT2D eigenvalue weighted by Gasteiger charge is -2.17. The Hall–Kier alpha value is -1.43. The third-order valence-electron chi connectivity index (χ3n) is 3.24. The summed E-state index contributed by atoms with van der Waals surface area (Å²) < 4.78 is 29.9. The van der Waals surface area contributed by atoms with E-state index in [4.69, 9.17) is 4.18 Å². The van der Waals surface area contributed by atoms with Crippen molar-refractivity contribution in [3.8, 4) is 0 Å². The summed E-state index contributed by atoms with van der Waals surface area (Å²) in [6, 6.07) is 12.6. The molecular weight excluding hydrogens is 274 g/mol. The van der Waals surface area contributed by atoms with Crippen LogP contribution in [0.15, 0.2) is 47.4 Å². The van der Waals surface area contributed by atoms with Crippen LogP contribution in [0.1, 0.15) is 20.8 Å². The molecule has 0 aliphatic heterocycles. The molecule has 2 rings (SSSR count). The van der Waals surface area contributed by atoms with E-state index in [0.717, 1.165) is 5.39 Å². The van der Waals surface area contributed by atoms with Gasteiger partial charge in [-0.05, 0) is 24.3 Å². The van der Waals surface area contributed by atoms with E-state index in [2.05, 4.69) is 0 Å². The van der Waals surface area contributed by atoms with Gasteiger partial charge in [-0.15, -0.1) is 0 Å². The van der Waals surface area contributed by atoms with Crippen LogP contribution >= 0.6 is 0 Å². The quantitative estimate of drug-likeness (QED) is 0.871. The van der Waals surface area contributed by atoms with E-state index in [9.17, 15) is 8.42 Å². The first-order valence-electron chi connectivity index (χ1n) is 6.33. The standard InChI is InChI=1S/C15H18O3S.H3N/c1-11(2)12(3)18-19(16,17)15-10-6-8-13-7-4-5-9-14(13)15;/h4-12H,1-3H3;1H3. The first kappa shape index (κ1) is 16.6. The number of benzene rings is 2. The van der Waals surface area contributed by atoms with E-state index in [1.807, 2.05) is 38.1 Å². The van der Waals surface area contributed by atoms with Crippen LogP contribution in [0, 0.1) is 5.92 Å². The molecule has 4 nitrogen and oxygen atoms in total. The zero-order valence-electron chi connectivity index (χ0n) is 12.0. The van der Waals surface area contributed by atoms with Gasteiger partial charge in [-0.1, -0.05) is 50.2 Å². The largest absolute Gasteiger partial charge is 0.344 e. The van der Waals surface area contributed by atoms with Crippen LogP contribution < -0.4 is 6.15 Å². The van der Waals surface area contributed by atoms with Crippen molar-refractivity contribution >= 4 is 20.9 Å². The molecule has 2 aromatic rings. The van der Waals surface area contributed by atoms with Crippen LogP contribution in [0.4, 0.5) is 0 Å². The maximum atomic E-state index is 12.3. The van der Waals surface area contributed by atoms with Crippen molar-refractivity contribution in [2.24, 2.45) is 5.92 Å². The van der Waals surface area contributed by atoms with E-state index in [-0.39, 0.29) is 23.1 Å². The van der Waals surface area contributed by atoms with Gasteiger partial charge in [-0.2, -0.15) is 8.42 Å². The van der Waals surface area contributed by atoms with Gasteiger partial charge in [0, 0.05) is 5.39 Å². The Morgan fingerprint density at radius 1 is 0.950 bits per heavy atom. The fourth-order valence-corrected chi connectivity index (χ4v) is 3.20. The maximum absolute atomic E-state index is 12.3. The highest BCUT2D eigenvalue weighted by atomic mass is 32.2. The number of rotatable bonds is 4. The lowest BCUT2D eigenvalue weighted by molar-refractivity contribution is 0.178. The first-order valence-corrected chi connectivity index (χ1v) is 7.73. The summed E-state index contributed by atoms with van der Waals surface area (Å²) in [6.07, 6.45) is -0.344. The Balaban J connectivity index is 0.00000200. The average Bonchev–Trinajstić information content (AvgIpc) is 2.37. The Morgan fingerprint density at radius 2 is 1.55 bits per heavy atom. The summed E-state index contributed by atoms with van der Waals surface area (Å²) in [5.74, 6) is 0.143. The molecule has 20 heavy (non-hydrogen) atoms. The minimum atomic E-state index is -3.73. The lowest BCUT2D eigenvalue weighted by Crippen LogP contribution is -2.20. The van der Waals surface area contributed by atoms with E-state index in [0.29, 0.717) is 5.39 Å². The molecule has 0 saturated heterocycles. The molecule has 0 aliphatic rings. The molecule has 0 amide bonds. The minimum Gasteiger partial charge on any atom is -0.344 e. The second-order valence-corrected chi connectivity index (χ2v) is 6.52. The predicted octanol–water partition coefficient (Wildman–Crippen LogP) is 3.75. The maximum Gasteiger partial charge on any atom is 0.297 e. The molecular formula is C15H21NO3S. The van der Waals surface area contributed by atoms with Gasteiger partial charge in [0.15, 0.2) is 0 Å². The number of hydrogen-bond donors (Lipinski definition) is 1. The van der Waals surface area contributed by atoms with Gasteiger partial charge < -0.3 is 6.15 Å². The monoisotopic (exact) mass is 295 g/mol. The summed E-state index contributed by atoms with van der Waals surface area (Å²) in [7, 11) is -3.73. The van der Waals surface area contributed by atoms with Gasteiger partial charge in [0.1, 0.15) is 4.90 Å². The molecule has 1 unspecified atom stereocenters. The Kier molecular flexibility index (Phi) is 5.28. The summed E-state index contributed by atoms with van der Waals surface area (Å²) >= 11 is 0. The predicted molar refractivity (Wildman–Crippen MR) is 81.5 cm³/mol. The minimum absolute atomic E-state index is 0. The van der Waals surface area contributed by atoms with Gasteiger partial charge in [0.2, 0.25) is 0 Å². The molecule has 0 radical (unpaired) electrons. The normalized spacial score (nSPS) is 13.2. The average molecular weight is 295 g/mol. The molecule has 0 spiro atoms. The fourth-order valence-electron chi connectivity index (χ4n) is 1.78. The second-order valence-electron chi connectivity index (χ2n) is 4.98. The molecule has 0 saturated carbocycles. The van der Waals surface area contributed by atoms with Gasteiger partial charge in [-0.3, -0.25) is 4.18 Å². The molecule has 0 bridgehead atoms. The molecule has 1 atom stereocenters. The van der Waals surface area contributed by atoms with Gasteiger partial charge in [0.25, 0.3) is 10.1 Å². The zero-order chi connectivity index (χ0) is 14.0. The molecule has 0 heterocycles. The smallest absolute Gasteiger partial charge is 0.297 e. The SMILES string of the molecule is CC(C)C(C)OS(=O)(=O)c1cccc2ccccc12.N. The van der Waals surface area contributed by atoms with Crippen LogP contribution in [0.2, 0.25) is 0 Å². The Morgan fingerprint density at radius 3 is 2.20 bits per heavy atom. The van der Waals surface area contributed by atoms with E-state index >= 15 is 0 Å². The Bertz CT molecular complexity index is 675. The summed E-state index contributed by atoms with van der Waals surface area (Å²) in [6.45, 7) is 5.64. The second kappa shape index (κ2) is 6.35. The summed E-state index contributed by atoms with van der Waals surface area (Å²) in [4.78, 5) is 0.234. The van der Waals surface area contributed by atoms with Crippen LogP contribution in [-0.2, 0) is 14.3 Å². The first-order chi connectivity index (χ1) is 8.92. The topological polar surface area (TPSA) is 78.4 Å². The summed E-state index contributed by atoms with van der Waals surface area (Å²) in [5, 5.41) is 1.59. The van der Waals surface area contributed by atoms with E-state index < -0.39 is 10.1 Å². The highest BCUT2D eigenvalue weighted by molar-refractivity contribution is 7.87. The summed E-state index contributed by atoms with van der Waals surface area (Å²) in [5.41, 5.74) is 0. The zero-order valence-corrected chi connectivity index (χ0v) is 12.9. The molecule has 0 aliphatic carbocycles. The molecule has 110 valence electrons. The number of hydrogen-bond acceptors (Lipinski definition) is 4. The van der Waals surface area contributed by atoms with Crippen molar-refractivity contribution in [2.45, 2.75) is 31.8 Å². The molecule has 2 aromatic carbocycles. The Labute approximate surface area is 120 Å². The van der Waals surface area contributed by atoms with Crippen molar-refractivity contribution in [2.75, 3.05) is 0 Å². The van der Waals surface area contributed by atoms with Crippen LogP contribution in [0.25, 0.3) is 10.8 Å². The number of fused-ring (bicyclic) bond motifs is 1. The highest BCUT2D eigenvalue weighted by Gasteiger charge is 2.22. The van der Waals surface area contributed by atoms with Gasteiger partial charge in [0.05, 0.1) is 6.10 Å². The highest BCUT2D eigenvalue weighted by Crippen LogP contribution is 2.25. The van der Waals surface area contributed by atoms with Crippen molar-refractivity contribution in [1.29, 1.82) is 0 Å². The molecule has 0 fully saturated rings. The van der Waals surface area contributed by atoms with E-state index in [1.165, 1.54) is 0 Å². The molecule has 5 heteroatoms. The van der Waals surface area contributed by atoms with Crippen LogP contribution in [0.3, 0.4) is 0 Å². The van der Waals surface area contributed by atoms with Crippen molar-refractivity contribution in [1.82, 2.24) is 6.15 Å².